The average molecular weight is 432 g/mol. The van der Waals surface area contributed by atoms with E-state index in [9.17, 15) is 9.90 Å². The molecule has 1 unspecified atom stereocenters. The Kier molecular flexibility index (Phi) is 6.37. The van der Waals surface area contributed by atoms with Crippen LogP contribution < -0.4 is 0 Å². The van der Waals surface area contributed by atoms with Gasteiger partial charge >= 0.3 is 5.97 Å². The molecule has 0 spiro atoms. The molecule has 2 aromatic carbocycles. The van der Waals surface area contributed by atoms with Crippen LogP contribution in [-0.4, -0.2) is 41.7 Å². The number of carbonyl (C=O) groups is 1. The number of imidazole rings is 1. The maximum atomic E-state index is 12.6. The van der Waals surface area contributed by atoms with Crippen molar-refractivity contribution in [3.63, 3.8) is 0 Å². The number of aromatic nitrogens is 6. The predicted octanol–water partition coefficient (Wildman–Crippen LogP) is 3.62. The highest BCUT2D eigenvalue weighted by molar-refractivity contribution is 5.88. The fourth-order valence-corrected chi connectivity index (χ4v) is 3.45. The van der Waals surface area contributed by atoms with E-state index < -0.39 is 12.1 Å². The van der Waals surface area contributed by atoms with Crippen LogP contribution in [0.25, 0.3) is 22.5 Å². The quantitative estimate of drug-likeness (QED) is 0.363. The number of aliphatic hydroxyl groups excluding tert-OH is 1. The number of aliphatic hydroxyl groups is 1. The van der Waals surface area contributed by atoms with Gasteiger partial charge in [-0.05, 0) is 35.2 Å². The summed E-state index contributed by atoms with van der Waals surface area (Å²) in [5.74, 6) is 0.625. The maximum Gasteiger partial charge on any atom is 0.359 e. The zero-order chi connectivity index (χ0) is 22.5. The predicted molar refractivity (Wildman–Crippen MR) is 117 cm³/mol. The molecule has 164 valence electrons. The summed E-state index contributed by atoms with van der Waals surface area (Å²) in [6.07, 6.45) is 0.734. The van der Waals surface area contributed by atoms with Gasteiger partial charge in [0.15, 0.2) is 5.69 Å². The van der Waals surface area contributed by atoms with Crippen LogP contribution >= 0.6 is 0 Å². The number of ether oxygens (including phenoxy) is 1. The summed E-state index contributed by atoms with van der Waals surface area (Å²) in [5.41, 5.74) is 4.17. The normalized spacial score (nSPS) is 12.0. The minimum atomic E-state index is -0.839. The number of aryl methyl sites for hydroxylation is 1. The number of hydrogen-bond donors (Lipinski definition) is 3. The van der Waals surface area contributed by atoms with Gasteiger partial charge in [-0.3, -0.25) is 0 Å². The van der Waals surface area contributed by atoms with Gasteiger partial charge in [0.25, 0.3) is 0 Å². The number of benzene rings is 2. The first-order valence-electron chi connectivity index (χ1n) is 10.4. The summed E-state index contributed by atoms with van der Waals surface area (Å²) in [6, 6.07) is 15.5. The molecule has 0 radical (unpaired) electrons. The molecule has 9 nitrogen and oxygen atoms in total. The fraction of sp³-hybridized carbons (Fsp3) is 0.261. The zero-order valence-corrected chi connectivity index (χ0v) is 17.9. The Labute approximate surface area is 184 Å². The van der Waals surface area contributed by atoms with Crippen molar-refractivity contribution in [2.75, 3.05) is 0 Å². The lowest BCUT2D eigenvalue weighted by atomic mass is 9.98. The zero-order valence-electron chi connectivity index (χ0n) is 17.9. The fourth-order valence-electron chi connectivity index (χ4n) is 3.45. The van der Waals surface area contributed by atoms with Crippen LogP contribution in [-0.2, 0) is 17.8 Å². The SMILES string of the molecule is CCCc1nc(C(=O)OCc2ccc(-c3ccccc3-c3nn[nH]n3)cc2)c(C(C)O)[nH]1. The number of H-pyrrole nitrogens is 2. The van der Waals surface area contributed by atoms with E-state index in [1.807, 2.05) is 55.5 Å². The lowest BCUT2D eigenvalue weighted by Crippen LogP contribution is -2.10. The van der Waals surface area contributed by atoms with Crippen molar-refractivity contribution in [2.24, 2.45) is 0 Å². The molecule has 4 rings (SSSR count). The Morgan fingerprint density at radius 1 is 1.12 bits per heavy atom. The van der Waals surface area contributed by atoms with Crippen LogP contribution in [0.5, 0.6) is 0 Å². The van der Waals surface area contributed by atoms with Gasteiger partial charge in [0.05, 0.1) is 11.8 Å². The molecular formula is C23H24N6O3. The molecule has 0 aliphatic rings. The summed E-state index contributed by atoms with van der Waals surface area (Å²) < 4.78 is 5.46. The van der Waals surface area contributed by atoms with Gasteiger partial charge in [-0.25, -0.2) is 9.78 Å². The van der Waals surface area contributed by atoms with Crippen LogP contribution in [0.1, 0.15) is 53.9 Å². The number of nitrogens with one attached hydrogen (secondary N) is 2. The minimum absolute atomic E-state index is 0.0980. The molecule has 0 saturated carbocycles. The highest BCUT2D eigenvalue weighted by atomic mass is 16.5. The van der Waals surface area contributed by atoms with E-state index >= 15 is 0 Å². The van der Waals surface area contributed by atoms with Crippen LogP contribution in [0.15, 0.2) is 48.5 Å². The molecule has 0 bridgehead atoms. The standard InChI is InChI=1S/C23H24N6O3/c1-3-6-19-24-20(14(2)30)21(25-19)23(31)32-13-15-9-11-16(12-10-15)17-7-4-5-8-18(17)22-26-28-29-27-22/h4-5,7-12,14,30H,3,6,13H2,1-2H3,(H,24,25)(H,26,27,28,29). The van der Waals surface area contributed by atoms with Crippen molar-refractivity contribution < 1.29 is 14.6 Å². The van der Waals surface area contributed by atoms with Gasteiger partial charge in [-0.15, -0.1) is 10.2 Å². The van der Waals surface area contributed by atoms with Crippen molar-refractivity contribution in [2.45, 2.75) is 39.4 Å². The number of hydrogen-bond acceptors (Lipinski definition) is 7. The Bertz CT molecular complexity index is 1180. The summed E-state index contributed by atoms with van der Waals surface area (Å²) in [4.78, 5) is 19.9. The first-order valence-corrected chi connectivity index (χ1v) is 10.4. The smallest absolute Gasteiger partial charge is 0.359 e. The molecule has 0 fully saturated rings. The second kappa shape index (κ2) is 9.52. The van der Waals surface area contributed by atoms with Crippen LogP contribution in [0.2, 0.25) is 0 Å². The molecule has 0 aliphatic carbocycles. The number of tetrazole rings is 1. The molecular weight excluding hydrogens is 408 g/mol. The first kappa shape index (κ1) is 21.4. The topological polar surface area (TPSA) is 130 Å². The monoisotopic (exact) mass is 432 g/mol. The van der Waals surface area contributed by atoms with E-state index in [2.05, 4.69) is 30.6 Å². The maximum absolute atomic E-state index is 12.6. The summed E-state index contributed by atoms with van der Waals surface area (Å²) >= 11 is 0. The van der Waals surface area contributed by atoms with Crippen LogP contribution in [0, 0.1) is 0 Å². The van der Waals surface area contributed by atoms with E-state index in [0.29, 0.717) is 23.8 Å². The third-order valence-electron chi connectivity index (χ3n) is 5.03. The van der Waals surface area contributed by atoms with Crippen molar-refractivity contribution >= 4 is 5.97 Å². The molecule has 0 amide bonds. The molecule has 2 aromatic heterocycles. The minimum Gasteiger partial charge on any atom is -0.456 e. The van der Waals surface area contributed by atoms with Crippen molar-refractivity contribution in [1.29, 1.82) is 0 Å². The second-order valence-electron chi connectivity index (χ2n) is 7.43. The van der Waals surface area contributed by atoms with Gasteiger partial charge in [0.1, 0.15) is 12.4 Å². The summed E-state index contributed by atoms with van der Waals surface area (Å²) in [5, 5.41) is 24.2. The summed E-state index contributed by atoms with van der Waals surface area (Å²) in [7, 11) is 0. The van der Waals surface area contributed by atoms with Crippen molar-refractivity contribution in [3.8, 4) is 22.5 Å². The molecule has 0 aliphatic heterocycles. The van der Waals surface area contributed by atoms with E-state index in [0.717, 1.165) is 28.7 Å². The second-order valence-corrected chi connectivity index (χ2v) is 7.43. The molecule has 1 atom stereocenters. The van der Waals surface area contributed by atoms with Crippen LogP contribution in [0.4, 0.5) is 0 Å². The molecule has 0 saturated heterocycles. The average Bonchev–Trinajstić information content (AvgIpc) is 3.49. The Hall–Kier alpha value is -3.85. The Balaban J connectivity index is 1.47. The molecule has 32 heavy (non-hydrogen) atoms. The van der Waals surface area contributed by atoms with E-state index in [4.69, 9.17) is 4.74 Å². The van der Waals surface area contributed by atoms with Gasteiger partial charge in [0.2, 0.25) is 5.82 Å². The Morgan fingerprint density at radius 2 is 1.88 bits per heavy atom. The van der Waals surface area contributed by atoms with E-state index in [1.165, 1.54) is 0 Å². The molecule has 2 heterocycles. The number of aromatic amines is 2. The van der Waals surface area contributed by atoms with Crippen molar-refractivity contribution in [3.05, 3.63) is 71.3 Å². The van der Waals surface area contributed by atoms with E-state index in [-0.39, 0.29) is 12.3 Å². The summed E-state index contributed by atoms with van der Waals surface area (Å²) in [6.45, 7) is 3.71. The van der Waals surface area contributed by atoms with Crippen molar-refractivity contribution in [1.82, 2.24) is 30.6 Å². The molecule has 9 heteroatoms. The van der Waals surface area contributed by atoms with Gasteiger partial charge in [-0.1, -0.05) is 55.5 Å². The van der Waals surface area contributed by atoms with Gasteiger partial charge in [0, 0.05) is 12.0 Å². The highest BCUT2D eigenvalue weighted by Gasteiger charge is 2.22. The molecule has 4 aromatic rings. The highest BCUT2D eigenvalue weighted by Crippen LogP contribution is 2.29. The number of rotatable bonds is 8. The van der Waals surface area contributed by atoms with Crippen LogP contribution in [0.3, 0.4) is 0 Å². The lowest BCUT2D eigenvalue weighted by molar-refractivity contribution is 0.0459. The number of esters is 1. The Morgan fingerprint density at radius 3 is 2.53 bits per heavy atom. The number of carbonyl (C=O) groups excluding carboxylic acids is 1. The van der Waals surface area contributed by atoms with Gasteiger partial charge in [-0.2, -0.15) is 5.21 Å². The van der Waals surface area contributed by atoms with E-state index in [1.54, 1.807) is 6.92 Å². The van der Waals surface area contributed by atoms with Gasteiger partial charge < -0.3 is 14.8 Å². The largest absolute Gasteiger partial charge is 0.456 e. The lowest BCUT2D eigenvalue weighted by Gasteiger charge is -2.09. The number of nitrogens with zero attached hydrogens (tertiary/aromatic N) is 4. The third kappa shape index (κ3) is 4.57. The molecule has 3 N–H and O–H groups in total. The first-order chi connectivity index (χ1) is 15.6. The third-order valence-corrected chi connectivity index (χ3v) is 5.03.